The maximum atomic E-state index is 13.0. The molecule has 0 aliphatic carbocycles. The first kappa shape index (κ1) is 15.3. The number of anilines is 1. The first-order valence-electron chi connectivity index (χ1n) is 8.33. The topological polar surface area (TPSA) is 32.7 Å². The molecule has 25 heavy (non-hydrogen) atoms. The average Bonchev–Trinajstić information content (AvgIpc) is 2.90. The molecule has 0 spiro atoms. The molecule has 122 valence electrons. The standard InChI is InChI=1S/C22H18N2O/c1-16-11-13-18(14-12-16)23-21-19-9-5-6-10-20(19)24(22(21)25)15-17-7-3-2-4-8-17/h2-14H,15H2,1H3. The number of nitrogens with zero attached hydrogens (tertiary/aromatic N) is 2. The normalized spacial score (nSPS) is 14.8. The SMILES string of the molecule is Cc1ccc(N=C2C(=O)N(Cc3ccccc3)c3ccccc32)cc1. The molecule has 0 bridgehead atoms. The molecule has 1 aliphatic heterocycles. The summed E-state index contributed by atoms with van der Waals surface area (Å²) in [4.78, 5) is 19.5. The van der Waals surface area contributed by atoms with Crippen LogP contribution in [0.2, 0.25) is 0 Å². The number of amides is 1. The molecule has 0 atom stereocenters. The van der Waals surface area contributed by atoms with E-state index in [9.17, 15) is 4.79 Å². The Hall–Kier alpha value is -3.20. The second kappa shape index (κ2) is 6.36. The highest BCUT2D eigenvalue weighted by Crippen LogP contribution is 2.32. The number of para-hydroxylation sites is 1. The van der Waals surface area contributed by atoms with E-state index in [0.29, 0.717) is 12.3 Å². The van der Waals surface area contributed by atoms with Crippen LogP contribution in [0.25, 0.3) is 0 Å². The van der Waals surface area contributed by atoms with Crippen molar-refractivity contribution in [1.29, 1.82) is 0 Å². The van der Waals surface area contributed by atoms with Gasteiger partial charge < -0.3 is 4.90 Å². The molecule has 0 saturated heterocycles. The third-order valence-corrected chi connectivity index (χ3v) is 4.36. The summed E-state index contributed by atoms with van der Waals surface area (Å²) < 4.78 is 0. The number of benzene rings is 3. The Morgan fingerprint density at radius 3 is 2.28 bits per heavy atom. The first-order valence-corrected chi connectivity index (χ1v) is 8.33. The van der Waals surface area contributed by atoms with Gasteiger partial charge in [0.15, 0.2) is 0 Å². The summed E-state index contributed by atoms with van der Waals surface area (Å²) in [5, 5.41) is 0. The Morgan fingerprint density at radius 1 is 0.840 bits per heavy atom. The third kappa shape index (κ3) is 2.96. The van der Waals surface area contributed by atoms with Gasteiger partial charge >= 0.3 is 0 Å². The lowest BCUT2D eigenvalue weighted by molar-refractivity contribution is -0.112. The molecule has 1 aliphatic rings. The summed E-state index contributed by atoms with van der Waals surface area (Å²) in [5.74, 6) is -0.0503. The number of aliphatic imine (C=N–C) groups is 1. The van der Waals surface area contributed by atoms with E-state index in [1.54, 1.807) is 4.90 Å². The van der Waals surface area contributed by atoms with Crippen LogP contribution >= 0.6 is 0 Å². The van der Waals surface area contributed by atoms with Crippen LogP contribution in [0.4, 0.5) is 11.4 Å². The monoisotopic (exact) mass is 326 g/mol. The lowest BCUT2D eigenvalue weighted by atomic mass is 10.1. The van der Waals surface area contributed by atoms with Crippen molar-refractivity contribution in [3.05, 3.63) is 95.6 Å². The Balaban J connectivity index is 1.74. The number of hydrogen-bond acceptors (Lipinski definition) is 2. The number of carbonyl (C=O) groups is 1. The molecule has 1 amide bonds. The van der Waals surface area contributed by atoms with Crippen molar-refractivity contribution in [2.75, 3.05) is 4.90 Å². The van der Waals surface area contributed by atoms with Crippen molar-refractivity contribution < 1.29 is 4.79 Å². The van der Waals surface area contributed by atoms with E-state index in [0.717, 1.165) is 22.5 Å². The molecule has 0 radical (unpaired) electrons. The summed E-state index contributed by atoms with van der Waals surface area (Å²) in [7, 11) is 0. The quantitative estimate of drug-likeness (QED) is 0.689. The van der Waals surface area contributed by atoms with E-state index in [-0.39, 0.29) is 5.91 Å². The van der Waals surface area contributed by atoms with Crippen molar-refractivity contribution in [3.8, 4) is 0 Å². The molecule has 4 rings (SSSR count). The van der Waals surface area contributed by atoms with E-state index >= 15 is 0 Å². The van der Waals surface area contributed by atoms with Crippen LogP contribution in [-0.2, 0) is 11.3 Å². The highest BCUT2D eigenvalue weighted by Gasteiger charge is 2.33. The van der Waals surface area contributed by atoms with Gasteiger partial charge in [-0.05, 0) is 30.7 Å². The minimum Gasteiger partial charge on any atom is -0.302 e. The lowest BCUT2D eigenvalue weighted by Gasteiger charge is -2.16. The van der Waals surface area contributed by atoms with Crippen LogP contribution in [0, 0.1) is 6.92 Å². The van der Waals surface area contributed by atoms with Gasteiger partial charge in [0.25, 0.3) is 5.91 Å². The Labute approximate surface area is 147 Å². The number of aryl methyl sites for hydroxylation is 1. The van der Waals surface area contributed by atoms with Crippen LogP contribution in [0.1, 0.15) is 16.7 Å². The van der Waals surface area contributed by atoms with Crippen molar-refractivity contribution in [2.24, 2.45) is 4.99 Å². The molecule has 0 saturated carbocycles. The molecule has 3 nitrogen and oxygen atoms in total. The smallest absolute Gasteiger partial charge is 0.277 e. The molecule has 0 N–H and O–H groups in total. The van der Waals surface area contributed by atoms with Gasteiger partial charge in [-0.1, -0.05) is 66.2 Å². The second-order valence-electron chi connectivity index (χ2n) is 6.19. The average molecular weight is 326 g/mol. The van der Waals surface area contributed by atoms with E-state index in [1.807, 2.05) is 85.8 Å². The summed E-state index contributed by atoms with van der Waals surface area (Å²) in [5.41, 5.74) is 5.39. The summed E-state index contributed by atoms with van der Waals surface area (Å²) in [6.07, 6.45) is 0. The zero-order chi connectivity index (χ0) is 17.2. The second-order valence-corrected chi connectivity index (χ2v) is 6.19. The Bertz CT molecular complexity index is 943. The number of rotatable bonds is 3. The first-order chi connectivity index (χ1) is 12.2. The fourth-order valence-electron chi connectivity index (χ4n) is 3.04. The number of hydrogen-bond donors (Lipinski definition) is 0. The molecule has 1 heterocycles. The van der Waals surface area contributed by atoms with E-state index in [2.05, 4.69) is 4.99 Å². The maximum Gasteiger partial charge on any atom is 0.277 e. The zero-order valence-electron chi connectivity index (χ0n) is 14.0. The van der Waals surface area contributed by atoms with Gasteiger partial charge in [-0.25, -0.2) is 4.99 Å². The highest BCUT2D eigenvalue weighted by atomic mass is 16.2. The lowest BCUT2D eigenvalue weighted by Crippen LogP contribution is -2.29. The van der Waals surface area contributed by atoms with E-state index in [4.69, 9.17) is 0 Å². The van der Waals surface area contributed by atoms with Gasteiger partial charge in [0.1, 0.15) is 5.71 Å². The summed E-state index contributed by atoms with van der Waals surface area (Å²) in [6, 6.07) is 25.8. The van der Waals surface area contributed by atoms with Crippen molar-refractivity contribution in [2.45, 2.75) is 13.5 Å². The van der Waals surface area contributed by atoms with Gasteiger partial charge in [-0.3, -0.25) is 4.79 Å². The van der Waals surface area contributed by atoms with Crippen LogP contribution in [-0.4, -0.2) is 11.6 Å². The Morgan fingerprint density at radius 2 is 1.52 bits per heavy atom. The van der Waals surface area contributed by atoms with Crippen LogP contribution in [0.3, 0.4) is 0 Å². The molecule has 3 aromatic carbocycles. The molecular weight excluding hydrogens is 308 g/mol. The van der Waals surface area contributed by atoms with Crippen LogP contribution < -0.4 is 4.90 Å². The molecule has 0 unspecified atom stereocenters. The minimum absolute atomic E-state index is 0.0503. The molecule has 3 aromatic rings. The van der Waals surface area contributed by atoms with E-state index < -0.39 is 0 Å². The van der Waals surface area contributed by atoms with Gasteiger partial charge in [0, 0.05) is 5.56 Å². The van der Waals surface area contributed by atoms with Gasteiger partial charge in [0.2, 0.25) is 0 Å². The summed E-state index contributed by atoms with van der Waals surface area (Å²) >= 11 is 0. The van der Waals surface area contributed by atoms with Crippen LogP contribution in [0.5, 0.6) is 0 Å². The van der Waals surface area contributed by atoms with Gasteiger partial charge in [0.05, 0.1) is 17.9 Å². The minimum atomic E-state index is -0.0503. The van der Waals surface area contributed by atoms with Gasteiger partial charge in [-0.2, -0.15) is 0 Å². The highest BCUT2D eigenvalue weighted by molar-refractivity contribution is 6.54. The predicted octanol–water partition coefficient (Wildman–Crippen LogP) is 4.66. The number of carbonyl (C=O) groups excluding carboxylic acids is 1. The fourth-order valence-corrected chi connectivity index (χ4v) is 3.04. The van der Waals surface area contributed by atoms with Crippen molar-refractivity contribution in [3.63, 3.8) is 0 Å². The van der Waals surface area contributed by atoms with Gasteiger partial charge in [-0.15, -0.1) is 0 Å². The van der Waals surface area contributed by atoms with Crippen LogP contribution in [0.15, 0.2) is 83.9 Å². The largest absolute Gasteiger partial charge is 0.302 e. The van der Waals surface area contributed by atoms with Crippen molar-refractivity contribution >= 4 is 23.0 Å². The Kier molecular flexibility index (Phi) is 3.90. The molecule has 3 heteroatoms. The maximum absolute atomic E-state index is 13.0. The summed E-state index contributed by atoms with van der Waals surface area (Å²) in [6.45, 7) is 2.58. The molecule has 0 aromatic heterocycles. The van der Waals surface area contributed by atoms with Crippen molar-refractivity contribution in [1.82, 2.24) is 0 Å². The molecule has 0 fully saturated rings. The molecular formula is C22H18N2O. The number of fused-ring (bicyclic) bond motifs is 1. The van der Waals surface area contributed by atoms with E-state index in [1.165, 1.54) is 5.56 Å². The zero-order valence-corrected chi connectivity index (χ0v) is 14.0. The third-order valence-electron chi connectivity index (χ3n) is 4.36. The predicted molar refractivity (Wildman–Crippen MR) is 101 cm³/mol. The fraction of sp³-hybridized carbons (Fsp3) is 0.0909.